The van der Waals surface area contributed by atoms with Crippen LogP contribution in [0.15, 0.2) is 24.5 Å². The Morgan fingerprint density at radius 1 is 1.53 bits per heavy atom. The van der Waals surface area contributed by atoms with Crippen molar-refractivity contribution >= 4 is 17.7 Å². The molecule has 0 aliphatic heterocycles. The Morgan fingerprint density at radius 2 is 2.42 bits per heavy atom. The highest BCUT2D eigenvalue weighted by atomic mass is 32.2. The third-order valence-electron chi connectivity index (χ3n) is 3.54. The predicted molar refractivity (Wildman–Crippen MR) is 80.3 cm³/mol. The van der Waals surface area contributed by atoms with Gasteiger partial charge in [-0.3, -0.25) is 9.78 Å². The summed E-state index contributed by atoms with van der Waals surface area (Å²) in [6.07, 6.45) is 8.55. The number of carbonyl (C=O) groups excluding carboxylic acids is 1. The zero-order chi connectivity index (χ0) is 13.5. The number of aromatic nitrogens is 1. The van der Waals surface area contributed by atoms with Crippen LogP contribution in [0.4, 0.5) is 0 Å². The molecule has 1 aromatic heterocycles. The third kappa shape index (κ3) is 4.53. The van der Waals surface area contributed by atoms with Crippen LogP contribution in [0.2, 0.25) is 0 Å². The lowest BCUT2D eigenvalue weighted by Crippen LogP contribution is -2.38. The molecular formula is C15H22N2OS. The van der Waals surface area contributed by atoms with E-state index < -0.39 is 0 Å². The Hall–Kier alpha value is -1.03. The van der Waals surface area contributed by atoms with E-state index in [1.165, 1.54) is 12.8 Å². The summed E-state index contributed by atoms with van der Waals surface area (Å²) in [5.74, 6) is 1.31. The Labute approximate surface area is 119 Å². The van der Waals surface area contributed by atoms with E-state index in [2.05, 4.69) is 17.2 Å². The minimum absolute atomic E-state index is 0.178. The van der Waals surface area contributed by atoms with Gasteiger partial charge in [-0.1, -0.05) is 19.4 Å². The first-order chi connectivity index (χ1) is 9.29. The number of nitrogens with zero attached hydrogens (tertiary/aromatic N) is 1. The summed E-state index contributed by atoms with van der Waals surface area (Å²) in [5.41, 5.74) is 1.13. The van der Waals surface area contributed by atoms with Gasteiger partial charge in [-0.15, -0.1) is 0 Å². The second kappa shape index (κ2) is 7.53. The number of hydrogen-bond acceptors (Lipinski definition) is 3. The van der Waals surface area contributed by atoms with E-state index in [0.29, 0.717) is 17.7 Å². The highest BCUT2D eigenvalue weighted by Crippen LogP contribution is 2.29. The van der Waals surface area contributed by atoms with Crippen molar-refractivity contribution in [2.75, 3.05) is 5.75 Å². The Balaban J connectivity index is 1.75. The van der Waals surface area contributed by atoms with Crippen molar-refractivity contribution in [3.05, 3.63) is 30.1 Å². The summed E-state index contributed by atoms with van der Waals surface area (Å²) in [6.45, 7) is 2.18. The van der Waals surface area contributed by atoms with E-state index in [1.54, 1.807) is 6.20 Å². The topological polar surface area (TPSA) is 42.0 Å². The molecule has 1 N–H and O–H groups in total. The van der Waals surface area contributed by atoms with E-state index in [-0.39, 0.29) is 5.91 Å². The minimum atomic E-state index is 0.178. The number of thioether (sulfide) groups is 1. The normalized spacial score (nSPS) is 22.4. The maximum absolute atomic E-state index is 12.0. The van der Waals surface area contributed by atoms with Crippen LogP contribution in [-0.2, 0) is 11.2 Å². The first-order valence-electron chi connectivity index (χ1n) is 7.09. The highest BCUT2D eigenvalue weighted by Gasteiger charge is 2.28. The van der Waals surface area contributed by atoms with E-state index in [9.17, 15) is 4.79 Å². The predicted octanol–water partition coefficient (Wildman–Crippen LogP) is 2.80. The number of carbonyl (C=O) groups is 1. The van der Waals surface area contributed by atoms with Crippen LogP contribution in [0.5, 0.6) is 0 Å². The number of nitrogens with one attached hydrogen (secondary N) is 1. The molecule has 1 aliphatic rings. The molecule has 2 rings (SSSR count). The molecule has 0 radical (unpaired) electrons. The van der Waals surface area contributed by atoms with Crippen molar-refractivity contribution < 1.29 is 4.79 Å². The van der Waals surface area contributed by atoms with Crippen molar-refractivity contribution in [2.24, 2.45) is 0 Å². The summed E-state index contributed by atoms with van der Waals surface area (Å²) in [7, 11) is 0. The largest absolute Gasteiger partial charge is 0.352 e. The van der Waals surface area contributed by atoms with Crippen LogP contribution in [-0.4, -0.2) is 27.9 Å². The van der Waals surface area contributed by atoms with E-state index in [1.807, 2.05) is 30.1 Å². The smallest absolute Gasteiger partial charge is 0.220 e. The maximum Gasteiger partial charge on any atom is 0.220 e. The van der Waals surface area contributed by atoms with Crippen LogP contribution in [0.25, 0.3) is 0 Å². The van der Waals surface area contributed by atoms with Crippen LogP contribution >= 0.6 is 11.8 Å². The van der Waals surface area contributed by atoms with Gasteiger partial charge in [-0.05, 0) is 36.6 Å². The zero-order valence-corrected chi connectivity index (χ0v) is 12.3. The van der Waals surface area contributed by atoms with Crippen LogP contribution in [0, 0.1) is 0 Å². The molecule has 1 heterocycles. The number of rotatable bonds is 6. The number of amides is 1. The number of pyridine rings is 1. The molecule has 1 amide bonds. The lowest BCUT2D eigenvalue weighted by molar-refractivity contribution is -0.121. The summed E-state index contributed by atoms with van der Waals surface area (Å²) in [5, 5.41) is 3.82. The lowest BCUT2D eigenvalue weighted by atomic mass is 10.1. The highest BCUT2D eigenvalue weighted by molar-refractivity contribution is 7.99. The number of hydrogen-bond donors (Lipinski definition) is 1. The fourth-order valence-electron chi connectivity index (χ4n) is 2.59. The minimum Gasteiger partial charge on any atom is -0.352 e. The van der Waals surface area contributed by atoms with Crippen molar-refractivity contribution in [1.29, 1.82) is 0 Å². The van der Waals surface area contributed by atoms with Gasteiger partial charge in [-0.25, -0.2) is 0 Å². The second-order valence-electron chi connectivity index (χ2n) is 4.96. The fourth-order valence-corrected chi connectivity index (χ4v) is 3.79. The SMILES string of the molecule is CCS[C@H]1CCC[C@H]1NC(=O)CCc1cccnc1. The molecule has 0 unspecified atom stereocenters. The van der Waals surface area contributed by atoms with Crippen molar-refractivity contribution in [2.45, 2.75) is 50.3 Å². The van der Waals surface area contributed by atoms with Gasteiger partial charge in [0.25, 0.3) is 0 Å². The average molecular weight is 278 g/mol. The first kappa shape index (κ1) is 14.4. The standard InChI is InChI=1S/C15H22N2OS/c1-2-19-14-7-3-6-13(14)17-15(18)9-8-12-5-4-10-16-11-12/h4-5,10-11,13-14H,2-3,6-9H2,1H3,(H,17,18)/t13-,14+/m1/s1. The molecule has 19 heavy (non-hydrogen) atoms. The monoisotopic (exact) mass is 278 g/mol. The average Bonchev–Trinajstić information content (AvgIpc) is 2.85. The lowest BCUT2D eigenvalue weighted by Gasteiger charge is -2.20. The molecule has 0 saturated heterocycles. The van der Waals surface area contributed by atoms with E-state index >= 15 is 0 Å². The summed E-state index contributed by atoms with van der Waals surface area (Å²) < 4.78 is 0. The van der Waals surface area contributed by atoms with Gasteiger partial charge in [0.05, 0.1) is 0 Å². The van der Waals surface area contributed by atoms with Crippen molar-refractivity contribution in [1.82, 2.24) is 10.3 Å². The molecule has 0 bridgehead atoms. The zero-order valence-electron chi connectivity index (χ0n) is 11.5. The van der Waals surface area contributed by atoms with Gasteiger partial charge >= 0.3 is 0 Å². The van der Waals surface area contributed by atoms with Gasteiger partial charge < -0.3 is 5.32 Å². The molecule has 4 heteroatoms. The van der Waals surface area contributed by atoms with Crippen molar-refractivity contribution in [3.8, 4) is 0 Å². The van der Waals surface area contributed by atoms with Gasteiger partial charge in [0.15, 0.2) is 0 Å². The second-order valence-corrected chi connectivity index (χ2v) is 6.48. The van der Waals surface area contributed by atoms with E-state index in [4.69, 9.17) is 0 Å². The van der Waals surface area contributed by atoms with Gasteiger partial charge in [0, 0.05) is 30.1 Å². The third-order valence-corrected chi connectivity index (χ3v) is 4.87. The fraction of sp³-hybridized carbons (Fsp3) is 0.600. The van der Waals surface area contributed by atoms with E-state index in [0.717, 1.165) is 24.2 Å². The van der Waals surface area contributed by atoms with Crippen LogP contribution in [0.1, 0.15) is 38.2 Å². The number of aryl methyl sites for hydroxylation is 1. The van der Waals surface area contributed by atoms with Gasteiger partial charge in [0.1, 0.15) is 0 Å². The molecule has 3 nitrogen and oxygen atoms in total. The van der Waals surface area contributed by atoms with Crippen LogP contribution in [0.3, 0.4) is 0 Å². The Morgan fingerprint density at radius 3 is 3.16 bits per heavy atom. The molecule has 1 aromatic rings. The molecule has 2 atom stereocenters. The Kier molecular flexibility index (Phi) is 5.70. The summed E-state index contributed by atoms with van der Waals surface area (Å²) in [6, 6.07) is 4.32. The molecule has 0 spiro atoms. The quantitative estimate of drug-likeness (QED) is 0.870. The van der Waals surface area contributed by atoms with Crippen molar-refractivity contribution in [3.63, 3.8) is 0 Å². The first-order valence-corrected chi connectivity index (χ1v) is 8.14. The molecule has 0 aromatic carbocycles. The summed E-state index contributed by atoms with van der Waals surface area (Å²) in [4.78, 5) is 16.0. The summed E-state index contributed by atoms with van der Waals surface area (Å²) >= 11 is 1.98. The molecule has 1 saturated carbocycles. The molecule has 1 aliphatic carbocycles. The maximum atomic E-state index is 12.0. The molecular weight excluding hydrogens is 256 g/mol. The van der Waals surface area contributed by atoms with Gasteiger partial charge in [0.2, 0.25) is 5.91 Å². The van der Waals surface area contributed by atoms with Gasteiger partial charge in [-0.2, -0.15) is 11.8 Å². The Bertz CT molecular complexity index is 396. The molecule has 104 valence electrons. The molecule has 1 fully saturated rings. The van der Waals surface area contributed by atoms with Crippen LogP contribution < -0.4 is 5.32 Å².